The lowest BCUT2D eigenvalue weighted by Gasteiger charge is -2.36. The van der Waals surface area contributed by atoms with Crippen LogP contribution in [0.2, 0.25) is 0 Å². The Morgan fingerprint density at radius 2 is 2.05 bits per heavy atom. The molecule has 1 aliphatic carbocycles. The van der Waals surface area contributed by atoms with Crippen molar-refractivity contribution in [2.75, 3.05) is 64.4 Å². The Morgan fingerprint density at radius 1 is 1.27 bits per heavy atom. The third-order valence-electron chi connectivity index (χ3n) is 4.57. The molecule has 0 bridgehead atoms. The van der Waals surface area contributed by atoms with Gasteiger partial charge in [-0.15, -0.1) is 0 Å². The van der Waals surface area contributed by atoms with Crippen LogP contribution in [0.25, 0.3) is 0 Å². The summed E-state index contributed by atoms with van der Waals surface area (Å²) in [6.07, 6.45) is 2.37. The molecule has 6 nitrogen and oxygen atoms in total. The maximum atomic E-state index is 12.2. The fourth-order valence-electron chi connectivity index (χ4n) is 3.12. The van der Waals surface area contributed by atoms with Gasteiger partial charge in [-0.2, -0.15) is 11.8 Å². The van der Waals surface area contributed by atoms with Crippen molar-refractivity contribution in [3.63, 3.8) is 0 Å². The van der Waals surface area contributed by atoms with E-state index in [0.717, 1.165) is 32.1 Å². The van der Waals surface area contributed by atoms with Crippen LogP contribution in [0.15, 0.2) is 4.99 Å². The van der Waals surface area contributed by atoms with Crippen molar-refractivity contribution in [2.45, 2.75) is 18.9 Å². The number of hydrogen-bond acceptors (Lipinski definition) is 4. The Balaban J connectivity index is 1.42. The van der Waals surface area contributed by atoms with E-state index in [2.05, 4.69) is 25.0 Å². The van der Waals surface area contributed by atoms with Gasteiger partial charge in [0.25, 0.3) is 0 Å². The summed E-state index contributed by atoms with van der Waals surface area (Å²) in [4.78, 5) is 23.2. The van der Waals surface area contributed by atoms with Crippen LogP contribution in [-0.4, -0.2) is 97.0 Å². The molecule has 0 radical (unpaired) electrons. The molecule has 0 spiro atoms. The quantitative estimate of drug-likeness (QED) is 0.579. The second-order valence-corrected chi connectivity index (χ2v) is 7.39. The third-order valence-corrected chi connectivity index (χ3v) is 5.51. The number of carbonyl (C=O) groups is 1. The summed E-state index contributed by atoms with van der Waals surface area (Å²) in [5.74, 6) is 3.61. The van der Waals surface area contributed by atoms with Crippen molar-refractivity contribution in [3.8, 4) is 0 Å². The molecule has 1 N–H and O–H groups in total. The molecule has 124 valence electrons. The predicted molar refractivity (Wildman–Crippen MR) is 91.4 cm³/mol. The number of carbonyl (C=O) groups excluding carboxylic acids is 1. The van der Waals surface area contributed by atoms with Crippen molar-refractivity contribution >= 4 is 23.6 Å². The van der Waals surface area contributed by atoms with Gasteiger partial charge in [-0.3, -0.25) is 14.7 Å². The van der Waals surface area contributed by atoms with Crippen molar-refractivity contribution < 1.29 is 4.79 Å². The minimum Gasteiger partial charge on any atom is -0.355 e. The third kappa shape index (κ3) is 4.07. The fourth-order valence-corrected chi connectivity index (χ4v) is 4.10. The molecule has 0 aromatic heterocycles. The molecular formula is C15H27N5OS. The zero-order valence-electron chi connectivity index (χ0n) is 13.5. The molecule has 3 rings (SSSR count). The number of aliphatic imine (C=N–C) groups is 1. The second-order valence-electron chi connectivity index (χ2n) is 6.17. The van der Waals surface area contributed by atoms with Gasteiger partial charge in [-0.25, -0.2) is 0 Å². The van der Waals surface area contributed by atoms with Gasteiger partial charge in [0.05, 0.1) is 6.54 Å². The number of piperazine rings is 1. The summed E-state index contributed by atoms with van der Waals surface area (Å²) in [5.41, 5.74) is 0. The number of nitrogens with one attached hydrogen (secondary N) is 1. The molecule has 0 aromatic rings. The van der Waals surface area contributed by atoms with E-state index in [1.54, 1.807) is 7.05 Å². The van der Waals surface area contributed by atoms with Crippen LogP contribution in [0.4, 0.5) is 0 Å². The van der Waals surface area contributed by atoms with Gasteiger partial charge in [0, 0.05) is 63.9 Å². The van der Waals surface area contributed by atoms with Crippen LogP contribution in [0.5, 0.6) is 0 Å². The Labute approximate surface area is 137 Å². The van der Waals surface area contributed by atoms with Crippen LogP contribution in [0.3, 0.4) is 0 Å². The average Bonchev–Trinajstić information content (AvgIpc) is 3.37. The van der Waals surface area contributed by atoms with Crippen molar-refractivity contribution in [1.82, 2.24) is 20.0 Å². The molecule has 0 aromatic carbocycles. The standard InChI is InChI=1S/C15H27N5OS/c1-16-15(17-4-5-18-8-10-22-11-9-18)19-6-7-20(13-2-3-13)14(21)12-19/h13H,2-12H2,1H3,(H,16,17). The number of amides is 1. The first-order valence-electron chi connectivity index (χ1n) is 8.33. The first-order valence-corrected chi connectivity index (χ1v) is 9.48. The van der Waals surface area contributed by atoms with E-state index in [0.29, 0.717) is 12.6 Å². The number of nitrogens with zero attached hydrogens (tertiary/aromatic N) is 4. The molecule has 7 heteroatoms. The van der Waals surface area contributed by atoms with Gasteiger partial charge < -0.3 is 15.1 Å². The minimum absolute atomic E-state index is 0.254. The van der Waals surface area contributed by atoms with Crippen LogP contribution >= 0.6 is 11.8 Å². The number of hydrogen-bond donors (Lipinski definition) is 1. The summed E-state index contributed by atoms with van der Waals surface area (Å²) >= 11 is 2.04. The van der Waals surface area contributed by atoms with Crippen LogP contribution < -0.4 is 5.32 Å². The largest absolute Gasteiger partial charge is 0.355 e. The molecule has 0 atom stereocenters. The lowest BCUT2D eigenvalue weighted by molar-refractivity contribution is -0.135. The first kappa shape index (κ1) is 15.9. The summed E-state index contributed by atoms with van der Waals surface area (Å²) in [7, 11) is 1.80. The minimum atomic E-state index is 0.254. The number of rotatable bonds is 4. The summed E-state index contributed by atoms with van der Waals surface area (Å²) in [6.45, 7) is 6.52. The molecule has 22 heavy (non-hydrogen) atoms. The Hall–Kier alpha value is -0.950. The van der Waals surface area contributed by atoms with E-state index in [4.69, 9.17) is 0 Å². The maximum Gasteiger partial charge on any atom is 0.242 e. The summed E-state index contributed by atoms with van der Waals surface area (Å²) < 4.78 is 0. The van der Waals surface area contributed by atoms with E-state index in [9.17, 15) is 4.79 Å². The van der Waals surface area contributed by atoms with Gasteiger partial charge in [0.15, 0.2) is 5.96 Å². The van der Waals surface area contributed by atoms with E-state index >= 15 is 0 Å². The van der Waals surface area contributed by atoms with Gasteiger partial charge >= 0.3 is 0 Å². The highest BCUT2D eigenvalue weighted by Crippen LogP contribution is 2.27. The predicted octanol–water partition coefficient (Wildman–Crippen LogP) is -0.0828. The van der Waals surface area contributed by atoms with Crippen molar-refractivity contribution in [2.24, 2.45) is 4.99 Å². The van der Waals surface area contributed by atoms with Crippen LogP contribution in [-0.2, 0) is 4.79 Å². The first-order chi connectivity index (χ1) is 10.8. The molecule has 1 amide bonds. The fraction of sp³-hybridized carbons (Fsp3) is 0.867. The van der Waals surface area contributed by atoms with Crippen LogP contribution in [0.1, 0.15) is 12.8 Å². The molecule has 0 unspecified atom stereocenters. The van der Waals surface area contributed by atoms with Crippen molar-refractivity contribution in [3.05, 3.63) is 0 Å². The average molecular weight is 325 g/mol. The van der Waals surface area contributed by atoms with Gasteiger partial charge in [-0.1, -0.05) is 0 Å². The molecule has 2 saturated heterocycles. The van der Waals surface area contributed by atoms with Crippen molar-refractivity contribution in [1.29, 1.82) is 0 Å². The van der Waals surface area contributed by atoms with Gasteiger partial charge in [-0.05, 0) is 12.8 Å². The Kier molecular flexibility index (Phi) is 5.46. The highest BCUT2D eigenvalue weighted by Gasteiger charge is 2.36. The van der Waals surface area contributed by atoms with E-state index < -0.39 is 0 Å². The molecule has 3 fully saturated rings. The number of thioether (sulfide) groups is 1. The molecule has 2 aliphatic heterocycles. The highest BCUT2D eigenvalue weighted by molar-refractivity contribution is 7.99. The highest BCUT2D eigenvalue weighted by atomic mass is 32.2. The summed E-state index contributed by atoms with van der Waals surface area (Å²) in [6, 6.07) is 0.529. The number of guanidine groups is 1. The van der Waals surface area contributed by atoms with E-state index in [1.807, 2.05) is 11.8 Å². The van der Waals surface area contributed by atoms with Gasteiger partial charge in [0.1, 0.15) is 0 Å². The van der Waals surface area contributed by atoms with E-state index in [-0.39, 0.29) is 5.91 Å². The lowest BCUT2D eigenvalue weighted by atomic mass is 10.3. The normalized spacial score (nSPS) is 24.8. The summed E-state index contributed by atoms with van der Waals surface area (Å²) in [5, 5.41) is 3.42. The second kappa shape index (κ2) is 7.55. The SMILES string of the molecule is CN=C(NCCN1CCSCC1)N1CCN(C2CC2)C(=O)C1. The van der Waals surface area contributed by atoms with Crippen LogP contribution in [0, 0.1) is 0 Å². The maximum absolute atomic E-state index is 12.2. The molecule has 2 heterocycles. The lowest BCUT2D eigenvalue weighted by Crippen LogP contribution is -2.56. The topological polar surface area (TPSA) is 51.2 Å². The Bertz CT molecular complexity index is 420. The zero-order chi connectivity index (χ0) is 15.4. The monoisotopic (exact) mass is 325 g/mol. The smallest absolute Gasteiger partial charge is 0.242 e. The van der Waals surface area contributed by atoms with E-state index in [1.165, 1.54) is 37.4 Å². The Morgan fingerprint density at radius 3 is 2.68 bits per heavy atom. The van der Waals surface area contributed by atoms with Gasteiger partial charge in [0.2, 0.25) is 5.91 Å². The molecule has 3 aliphatic rings. The molecule has 1 saturated carbocycles. The molecular weight excluding hydrogens is 298 g/mol. The zero-order valence-corrected chi connectivity index (χ0v) is 14.3.